The maximum Gasteiger partial charge on any atom is 0.330 e. The number of carbonyl (C=O) groups is 2. The van der Waals surface area contributed by atoms with Gasteiger partial charge in [0.15, 0.2) is 0 Å². The number of benzene rings is 2. The second kappa shape index (κ2) is 8.20. The number of morpholine rings is 1. The first-order valence-corrected chi connectivity index (χ1v) is 10.6. The first-order chi connectivity index (χ1) is 15.1. The van der Waals surface area contributed by atoms with E-state index in [0.29, 0.717) is 35.3 Å². The molecule has 31 heavy (non-hydrogen) atoms. The third kappa shape index (κ3) is 3.84. The predicted octanol–water partition coefficient (Wildman–Crippen LogP) is 2.82. The molecule has 0 radical (unpaired) electrons. The first kappa shape index (κ1) is 19.8. The third-order valence-electron chi connectivity index (χ3n) is 5.62. The number of nitrogens with zero attached hydrogens (tertiary/aromatic N) is 4. The van der Waals surface area contributed by atoms with Gasteiger partial charge in [-0.15, -0.1) is 0 Å². The molecular formula is C22H22ClN5O3. The van der Waals surface area contributed by atoms with Gasteiger partial charge in [-0.05, 0) is 42.5 Å². The van der Waals surface area contributed by atoms with Crippen LogP contribution in [-0.2, 0) is 9.53 Å². The summed E-state index contributed by atoms with van der Waals surface area (Å²) in [4.78, 5) is 35.6. The zero-order valence-corrected chi connectivity index (χ0v) is 17.6. The summed E-state index contributed by atoms with van der Waals surface area (Å²) in [5, 5.41) is 3.39. The standard InChI is InChI=1S/C22H22ClN5O3/c23-15-1-6-18-19(13-15)28(22(30)27-8-7-24-21(18)27)14-20(29)25-16-2-4-17(5-3-16)26-9-11-31-12-10-26/h1-6,13H,7-12,14H2,(H,25,29). The minimum atomic E-state index is -0.280. The molecule has 0 aliphatic carbocycles. The molecule has 0 aromatic heterocycles. The van der Waals surface area contributed by atoms with Gasteiger partial charge in [-0.3, -0.25) is 19.6 Å². The van der Waals surface area contributed by atoms with Crippen molar-refractivity contribution in [3.63, 3.8) is 0 Å². The number of urea groups is 1. The summed E-state index contributed by atoms with van der Waals surface area (Å²) in [5.74, 6) is 0.366. The number of rotatable bonds is 4. The van der Waals surface area contributed by atoms with Crippen LogP contribution in [0.1, 0.15) is 5.56 Å². The molecule has 3 aliphatic heterocycles. The van der Waals surface area contributed by atoms with Gasteiger partial charge in [-0.2, -0.15) is 0 Å². The number of aliphatic imine (C=N–C) groups is 1. The normalized spacial score (nSPS) is 17.9. The fourth-order valence-electron chi connectivity index (χ4n) is 4.10. The second-order valence-corrected chi connectivity index (χ2v) is 8.02. The van der Waals surface area contributed by atoms with E-state index in [1.807, 2.05) is 30.3 Å². The molecule has 1 N–H and O–H groups in total. The Labute approximate surface area is 185 Å². The van der Waals surface area contributed by atoms with Crippen molar-refractivity contribution in [1.29, 1.82) is 0 Å². The number of amides is 3. The van der Waals surface area contributed by atoms with Crippen LogP contribution in [0.5, 0.6) is 0 Å². The highest BCUT2D eigenvalue weighted by Crippen LogP contribution is 2.33. The minimum absolute atomic E-state index is 0.110. The van der Waals surface area contributed by atoms with E-state index in [1.54, 1.807) is 17.0 Å². The SMILES string of the molecule is O=C(CN1C(=O)N2CCN=C2c2ccc(Cl)cc21)Nc1ccc(N2CCOCC2)cc1. The summed E-state index contributed by atoms with van der Waals surface area (Å²) in [6.45, 7) is 4.10. The summed E-state index contributed by atoms with van der Waals surface area (Å²) in [5.41, 5.74) is 3.19. The summed E-state index contributed by atoms with van der Waals surface area (Å²) in [6, 6.07) is 12.8. The fourth-order valence-corrected chi connectivity index (χ4v) is 4.27. The van der Waals surface area contributed by atoms with Crippen LogP contribution in [0.25, 0.3) is 0 Å². The number of nitrogens with one attached hydrogen (secondary N) is 1. The van der Waals surface area contributed by atoms with E-state index in [9.17, 15) is 9.59 Å². The van der Waals surface area contributed by atoms with Crippen LogP contribution in [0.2, 0.25) is 5.02 Å². The molecular weight excluding hydrogens is 418 g/mol. The van der Waals surface area contributed by atoms with Crippen molar-refractivity contribution in [2.45, 2.75) is 0 Å². The lowest BCUT2D eigenvalue weighted by molar-refractivity contribution is -0.114. The van der Waals surface area contributed by atoms with E-state index in [2.05, 4.69) is 15.2 Å². The predicted molar refractivity (Wildman–Crippen MR) is 120 cm³/mol. The smallest absolute Gasteiger partial charge is 0.330 e. The van der Waals surface area contributed by atoms with E-state index >= 15 is 0 Å². The average molecular weight is 440 g/mol. The van der Waals surface area contributed by atoms with E-state index in [1.165, 1.54) is 4.90 Å². The molecule has 2 aromatic carbocycles. The molecule has 0 spiro atoms. The molecule has 0 unspecified atom stereocenters. The number of carbonyl (C=O) groups excluding carboxylic acids is 2. The van der Waals surface area contributed by atoms with Crippen molar-refractivity contribution in [2.24, 2.45) is 4.99 Å². The molecule has 3 aliphatic rings. The van der Waals surface area contributed by atoms with Gasteiger partial charge in [0.2, 0.25) is 5.91 Å². The van der Waals surface area contributed by atoms with Crippen LogP contribution < -0.4 is 15.1 Å². The van der Waals surface area contributed by atoms with Crippen LogP contribution in [0.15, 0.2) is 47.5 Å². The molecule has 0 saturated carbocycles. The fraction of sp³-hybridized carbons (Fsp3) is 0.318. The van der Waals surface area contributed by atoms with Crippen molar-refractivity contribution in [2.75, 3.05) is 61.1 Å². The molecule has 8 nitrogen and oxygen atoms in total. The summed E-state index contributed by atoms with van der Waals surface area (Å²) < 4.78 is 5.39. The molecule has 0 atom stereocenters. The van der Waals surface area contributed by atoms with Crippen LogP contribution >= 0.6 is 11.6 Å². The zero-order valence-electron chi connectivity index (χ0n) is 16.9. The lowest BCUT2D eigenvalue weighted by Gasteiger charge is -2.35. The Morgan fingerprint density at radius 2 is 1.87 bits per heavy atom. The molecule has 1 fully saturated rings. The van der Waals surface area contributed by atoms with Crippen molar-refractivity contribution in [1.82, 2.24) is 4.90 Å². The molecule has 3 amide bonds. The summed E-state index contributed by atoms with van der Waals surface area (Å²) >= 11 is 6.17. The lowest BCUT2D eigenvalue weighted by Crippen LogP contribution is -2.52. The topological polar surface area (TPSA) is 77.5 Å². The number of fused-ring (bicyclic) bond motifs is 3. The van der Waals surface area contributed by atoms with Crippen molar-refractivity contribution < 1.29 is 14.3 Å². The summed E-state index contributed by atoms with van der Waals surface area (Å²) in [7, 11) is 0. The average Bonchev–Trinajstić information content (AvgIpc) is 3.28. The van der Waals surface area contributed by atoms with Gasteiger partial charge >= 0.3 is 6.03 Å². The van der Waals surface area contributed by atoms with Crippen LogP contribution in [0, 0.1) is 0 Å². The van der Waals surface area contributed by atoms with Gasteiger partial charge in [-0.25, -0.2) is 4.79 Å². The van der Waals surface area contributed by atoms with Crippen molar-refractivity contribution >= 4 is 46.4 Å². The van der Waals surface area contributed by atoms with Crippen LogP contribution in [0.3, 0.4) is 0 Å². The number of amidine groups is 1. The molecule has 160 valence electrons. The second-order valence-electron chi connectivity index (χ2n) is 7.58. The van der Waals surface area contributed by atoms with E-state index in [-0.39, 0.29) is 18.5 Å². The lowest BCUT2D eigenvalue weighted by atomic mass is 10.1. The highest BCUT2D eigenvalue weighted by Gasteiger charge is 2.38. The number of ether oxygens (including phenoxy) is 1. The molecule has 5 rings (SSSR count). The molecule has 9 heteroatoms. The maximum atomic E-state index is 13.0. The third-order valence-corrected chi connectivity index (χ3v) is 5.86. The number of halogens is 1. The van der Waals surface area contributed by atoms with E-state index in [4.69, 9.17) is 16.3 Å². The Morgan fingerprint density at radius 1 is 1.10 bits per heavy atom. The quantitative estimate of drug-likeness (QED) is 0.794. The van der Waals surface area contributed by atoms with Gasteiger partial charge in [0.25, 0.3) is 0 Å². The van der Waals surface area contributed by atoms with Crippen molar-refractivity contribution in [3.8, 4) is 0 Å². The Hall–Kier alpha value is -3.10. The molecule has 0 bridgehead atoms. The monoisotopic (exact) mass is 439 g/mol. The number of hydrogen-bond donors (Lipinski definition) is 1. The van der Waals surface area contributed by atoms with Gasteiger partial charge in [0, 0.05) is 41.6 Å². The number of anilines is 3. The largest absolute Gasteiger partial charge is 0.378 e. The Kier molecular flexibility index (Phi) is 5.25. The Morgan fingerprint density at radius 3 is 2.65 bits per heavy atom. The van der Waals surface area contributed by atoms with E-state index in [0.717, 1.165) is 37.6 Å². The minimum Gasteiger partial charge on any atom is -0.378 e. The zero-order chi connectivity index (χ0) is 21.4. The maximum absolute atomic E-state index is 13.0. The molecule has 3 heterocycles. The highest BCUT2D eigenvalue weighted by atomic mass is 35.5. The van der Waals surface area contributed by atoms with Crippen LogP contribution in [-0.4, -0.2) is 68.6 Å². The number of hydrogen-bond acceptors (Lipinski definition) is 5. The van der Waals surface area contributed by atoms with E-state index < -0.39 is 0 Å². The highest BCUT2D eigenvalue weighted by molar-refractivity contribution is 6.32. The van der Waals surface area contributed by atoms with Gasteiger partial charge < -0.3 is 15.0 Å². The molecule has 2 aromatic rings. The molecule has 1 saturated heterocycles. The Bertz CT molecular complexity index is 1050. The summed E-state index contributed by atoms with van der Waals surface area (Å²) in [6.07, 6.45) is 0. The Balaban J connectivity index is 1.31. The van der Waals surface area contributed by atoms with Gasteiger partial charge in [0.05, 0.1) is 25.4 Å². The van der Waals surface area contributed by atoms with Crippen LogP contribution in [0.4, 0.5) is 21.9 Å². The van der Waals surface area contributed by atoms with Gasteiger partial charge in [-0.1, -0.05) is 11.6 Å². The first-order valence-electron chi connectivity index (χ1n) is 10.3. The van der Waals surface area contributed by atoms with Gasteiger partial charge in [0.1, 0.15) is 12.4 Å². The van der Waals surface area contributed by atoms with Crippen molar-refractivity contribution in [3.05, 3.63) is 53.1 Å².